The van der Waals surface area contributed by atoms with Gasteiger partial charge in [0.05, 0.1) is 5.69 Å². The van der Waals surface area contributed by atoms with Crippen LogP contribution in [0.25, 0.3) is 0 Å². The lowest BCUT2D eigenvalue weighted by Gasteiger charge is -1.99. The molecule has 3 rings (SSSR count). The number of nitrogens with zero attached hydrogens (tertiary/aromatic N) is 1. The molecule has 1 aliphatic rings. The maximum Gasteiger partial charge on any atom is 0.300 e. The fourth-order valence-electron chi connectivity index (χ4n) is 1.85. The van der Waals surface area contributed by atoms with Crippen LogP contribution in [0.5, 0.6) is 11.5 Å². The summed E-state index contributed by atoms with van der Waals surface area (Å²) in [4.78, 5) is 4.41. The molecule has 1 unspecified atom stereocenters. The summed E-state index contributed by atoms with van der Waals surface area (Å²) in [5, 5.41) is 0. The van der Waals surface area contributed by atoms with Crippen LogP contribution in [0, 0.1) is 6.92 Å². The summed E-state index contributed by atoms with van der Waals surface area (Å²) in [6.45, 7) is 2.05. The van der Waals surface area contributed by atoms with Crippen LogP contribution < -0.4 is 15.2 Å². The zero-order valence-corrected chi connectivity index (χ0v) is 10.5. The van der Waals surface area contributed by atoms with Gasteiger partial charge in [0.25, 0.3) is 6.41 Å². The fraction of sp³-hybridized carbons (Fsp3) is 0.133. The van der Waals surface area contributed by atoms with Crippen LogP contribution in [0.3, 0.4) is 0 Å². The first-order valence-corrected chi connectivity index (χ1v) is 6.04. The van der Waals surface area contributed by atoms with Crippen molar-refractivity contribution in [3.8, 4) is 11.5 Å². The summed E-state index contributed by atoms with van der Waals surface area (Å²) in [5.41, 5.74) is 8.61. The topological polar surface area (TPSA) is 56.8 Å². The summed E-state index contributed by atoms with van der Waals surface area (Å²) in [7, 11) is 0. The molecule has 0 saturated heterocycles. The van der Waals surface area contributed by atoms with Gasteiger partial charge in [-0.3, -0.25) is 10.7 Å². The molecule has 1 atom stereocenters. The Morgan fingerprint density at radius 3 is 2.58 bits per heavy atom. The highest BCUT2D eigenvalue weighted by atomic mass is 16.7. The van der Waals surface area contributed by atoms with Crippen LogP contribution in [0.1, 0.15) is 11.1 Å². The Bertz CT molecular complexity index is 621. The number of ether oxygens (including phenoxy) is 2. The van der Waals surface area contributed by atoms with Crippen molar-refractivity contribution in [2.75, 3.05) is 0 Å². The molecule has 2 N–H and O–H groups in total. The monoisotopic (exact) mass is 254 g/mol. The van der Waals surface area contributed by atoms with Crippen molar-refractivity contribution in [1.82, 2.24) is 0 Å². The largest absolute Gasteiger partial charge is 0.438 e. The van der Waals surface area contributed by atoms with Gasteiger partial charge in [0.2, 0.25) is 0 Å². The lowest BCUT2D eigenvalue weighted by atomic mass is 10.2. The number of fused-ring (bicyclic) bond motifs is 1. The molecular weight excluding hydrogens is 240 g/mol. The van der Waals surface area contributed by atoms with E-state index in [0.717, 1.165) is 11.3 Å². The molecule has 0 amide bonds. The van der Waals surface area contributed by atoms with Crippen molar-refractivity contribution >= 4 is 11.9 Å². The molecule has 0 saturated carbocycles. The second kappa shape index (κ2) is 4.74. The summed E-state index contributed by atoms with van der Waals surface area (Å²) in [6, 6.07) is 13.6. The van der Waals surface area contributed by atoms with Crippen molar-refractivity contribution in [1.29, 1.82) is 0 Å². The summed E-state index contributed by atoms with van der Waals surface area (Å²) < 4.78 is 10.6. The molecule has 0 fully saturated rings. The van der Waals surface area contributed by atoms with Gasteiger partial charge >= 0.3 is 0 Å². The van der Waals surface area contributed by atoms with Gasteiger partial charge in [0.15, 0.2) is 11.5 Å². The van der Waals surface area contributed by atoms with Crippen LogP contribution in [0.4, 0.5) is 5.69 Å². The van der Waals surface area contributed by atoms with E-state index in [2.05, 4.69) is 11.9 Å². The van der Waals surface area contributed by atoms with E-state index < -0.39 is 6.41 Å². The second-order valence-electron chi connectivity index (χ2n) is 4.40. The summed E-state index contributed by atoms with van der Waals surface area (Å²) >= 11 is 0. The zero-order valence-electron chi connectivity index (χ0n) is 10.5. The molecule has 4 heteroatoms. The molecule has 19 heavy (non-hydrogen) atoms. The average Bonchev–Trinajstić information content (AvgIpc) is 2.77. The van der Waals surface area contributed by atoms with Crippen LogP contribution in [-0.2, 0) is 0 Å². The molecule has 0 radical (unpaired) electrons. The Kier molecular flexibility index (Phi) is 2.93. The molecule has 4 nitrogen and oxygen atoms in total. The summed E-state index contributed by atoms with van der Waals surface area (Å²) in [6.07, 6.45) is 1.08. The normalized spacial score (nSPS) is 17.1. The number of aliphatic imine (C=N–C) groups is 1. The average molecular weight is 254 g/mol. The van der Waals surface area contributed by atoms with Crippen molar-refractivity contribution in [2.45, 2.75) is 13.3 Å². The Morgan fingerprint density at radius 1 is 1.05 bits per heavy atom. The number of hydrogen-bond acceptors (Lipinski definition) is 4. The SMILES string of the molecule is Cc1ccc(N=Cc2ccc3c(c2)OC(N)O3)cc1. The lowest BCUT2D eigenvalue weighted by molar-refractivity contribution is 0.0562. The van der Waals surface area contributed by atoms with E-state index in [1.54, 1.807) is 6.21 Å². The highest BCUT2D eigenvalue weighted by Crippen LogP contribution is 2.33. The first-order valence-electron chi connectivity index (χ1n) is 6.04. The molecule has 1 aliphatic heterocycles. The number of nitrogens with two attached hydrogens (primary N) is 1. The predicted molar refractivity (Wildman–Crippen MR) is 74.1 cm³/mol. The third kappa shape index (κ3) is 2.58. The molecule has 1 heterocycles. The maximum absolute atomic E-state index is 5.54. The highest BCUT2D eigenvalue weighted by molar-refractivity contribution is 5.83. The zero-order chi connectivity index (χ0) is 13.2. The standard InChI is InChI=1S/C15H14N2O2/c1-10-2-5-12(6-3-10)17-9-11-4-7-13-14(8-11)19-15(16)18-13/h2-9,15H,16H2,1H3. The maximum atomic E-state index is 5.54. The fourth-order valence-corrected chi connectivity index (χ4v) is 1.85. The first kappa shape index (κ1) is 11.7. The molecular formula is C15H14N2O2. The molecule has 0 aromatic heterocycles. The predicted octanol–water partition coefficient (Wildman–Crippen LogP) is 2.76. The molecule has 0 aliphatic carbocycles. The minimum absolute atomic E-state index is 0.653. The Labute approximate surface area is 111 Å². The van der Waals surface area contributed by atoms with Gasteiger partial charge < -0.3 is 9.47 Å². The van der Waals surface area contributed by atoms with E-state index in [0.29, 0.717) is 11.5 Å². The van der Waals surface area contributed by atoms with Gasteiger partial charge in [0.1, 0.15) is 0 Å². The quantitative estimate of drug-likeness (QED) is 0.838. The lowest BCUT2D eigenvalue weighted by Crippen LogP contribution is -2.28. The highest BCUT2D eigenvalue weighted by Gasteiger charge is 2.19. The molecule has 0 bridgehead atoms. The van der Waals surface area contributed by atoms with Gasteiger partial charge in [-0.05, 0) is 42.8 Å². The van der Waals surface area contributed by atoms with Crippen LogP contribution >= 0.6 is 0 Å². The Hall–Kier alpha value is -2.33. The first-order chi connectivity index (χ1) is 9.20. The third-order valence-corrected chi connectivity index (χ3v) is 2.85. The van der Waals surface area contributed by atoms with Crippen molar-refractivity contribution in [3.05, 3.63) is 53.6 Å². The van der Waals surface area contributed by atoms with E-state index in [-0.39, 0.29) is 0 Å². The van der Waals surface area contributed by atoms with Gasteiger partial charge in [-0.25, -0.2) is 0 Å². The van der Waals surface area contributed by atoms with E-state index in [4.69, 9.17) is 15.2 Å². The van der Waals surface area contributed by atoms with Crippen molar-refractivity contribution in [2.24, 2.45) is 10.7 Å². The molecule has 2 aromatic carbocycles. The van der Waals surface area contributed by atoms with Crippen LogP contribution in [-0.4, -0.2) is 12.6 Å². The Balaban J connectivity index is 1.80. The molecule has 2 aromatic rings. The van der Waals surface area contributed by atoms with Gasteiger partial charge in [-0.15, -0.1) is 0 Å². The summed E-state index contributed by atoms with van der Waals surface area (Å²) in [5.74, 6) is 1.32. The van der Waals surface area contributed by atoms with Gasteiger partial charge in [-0.2, -0.15) is 0 Å². The molecule has 0 spiro atoms. The number of hydrogen-bond donors (Lipinski definition) is 1. The van der Waals surface area contributed by atoms with Crippen molar-refractivity contribution < 1.29 is 9.47 Å². The number of rotatable bonds is 2. The number of benzene rings is 2. The van der Waals surface area contributed by atoms with E-state index in [9.17, 15) is 0 Å². The van der Waals surface area contributed by atoms with E-state index in [1.807, 2.05) is 42.5 Å². The third-order valence-electron chi connectivity index (χ3n) is 2.85. The Morgan fingerprint density at radius 2 is 1.79 bits per heavy atom. The van der Waals surface area contributed by atoms with E-state index in [1.165, 1.54) is 5.56 Å². The van der Waals surface area contributed by atoms with Crippen molar-refractivity contribution in [3.63, 3.8) is 0 Å². The van der Waals surface area contributed by atoms with Gasteiger partial charge in [0, 0.05) is 6.21 Å². The second-order valence-corrected chi connectivity index (χ2v) is 4.40. The smallest absolute Gasteiger partial charge is 0.300 e. The minimum Gasteiger partial charge on any atom is -0.438 e. The van der Waals surface area contributed by atoms with Gasteiger partial charge in [-0.1, -0.05) is 17.7 Å². The van der Waals surface area contributed by atoms with Crippen LogP contribution in [0.15, 0.2) is 47.5 Å². The minimum atomic E-state index is -0.709. The van der Waals surface area contributed by atoms with Crippen LogP contribution in [0.2, 0.25) is 0 Å². The number of aryl methyl sites for hydroxylation is 1. The molecule has 96 valence electrons. The van der Waals surface area contributed by atoms with E-state index >= 15 is 0 Å².